The zero-order chi connectivity index (χ0) is 20.0. The van der Waals surface area contributed by atoms with E-state index in [1.807, 2.05) is 35.7 Å². The molecule has 5 rings (SSSR count). The fraction of sp³-hybridized carbons (Fsp3) is 0.261. The van der Waals surface area contributed by atoms with Crippen LogP contribution in [0.15, 0.2) is 52.6 Å². The highest BCUT2D eigenvalue weighted by Crippen LogP contribution is 2.37. The first kappa shape index (κ1) is 18.1. The van der Waals surface area contributed by atoms with Gasteiger partial charge in [-0.15, -0.1) is 11.3 Å². The third-order valence-electron chi connectivity index (χ3n) is 5.78. The Kier molecular flexibility index (Phi) is 4.43. The molecule has 0 radical (unpaired) electrons. The summed E-state index contributed by atoms with van der Waals surface area (Å²) in [4.78, 5) is 41.2. The number of benzene rings is 1. The highest BCUT2D eigenvalue weighted by Gasteiger charge is 2.30. The molecule has 2 aliphatic heterocycles. The minimum absolute atomic E-state index is 0.0596. The summed E-state index contributed by atoms with van der Waals surface area (Å²) in [6.07, 6.45) is 1.59. The van der Waals surface area contributed by atoms with Gasteiger partial charge in [0.05, 0.1) is 16.1 Å². The molecule has 0 atom stereocenters. The Labute approximate surface area is 172 Å². The zero-order valence-corrected chi connectivity index (χ0v) is 16.7. The molecule has 2 aliphatic rings. The van der Waals surface area contributed by atoms with E-state index in [4.69, 9.17) is 0 Å². The van der Waals surface area contributed by atoms with E-state index in [1.54, 1.807) is 26.9 Å². The second kappa shape index (κ2) is 7.12. The largest absolute Gasteiger partial charge is 0.338 e. The predicted octanol–water partition coefficient (Wildman–Crippen LogP) is 3.61. The second-order valence-electron chi connectivity index (χ2n) is 7.50. The molecular weight excluding hydrogens is 384 g/mol. The van der Waals surface area contributed by atoms with Crippen molar-refractivity contribution in [2.24, 2.45) is 0 Å². The van der Waals surface area contributed by atoms with Gasteiger partial charge in [-0.25, -0.2) is 0 Å². The molecule has 0 saturated carbocycles. The number of thiophene rings is 1. The molecule has 5 nitrogen and oxygen atoms in total. The van der Waals surface area contributed by atoms with Crippen molar-refractivity contribution in [1.82, 2.24) is 9.47 Å². The van der Waals surface area contributed by atoms with E-state index in [9.17, 15) is 14.4 Å². The fourth-order valence-electron chi connectivity index (χ4n) is 4.21. The van der Waals surface area contributed by atoms with Crippen molar-refractivity contribution >= 4 is 23.0 Å². The number of nitrogens with zero attached hydrogens (tertiary/aromatic N) is 2. The minimum Gasteiger partial charge on any atom is -0.338 e. The number of aromatic nitrogens is 1. The number of carbonyl (C=O) groups is 2. The van der Waals surface area contributed by atoms with Gasteiger partial charge in [-0.2, -0.15) is 0 Å². The molecule has 0 unspecified atom stereocenters. The van der Waals surface area contributed by atoms with E-state index in [0.717, 1.165) is 22.6 Å². The van der Waals surface area contributed by atoms with Gasteiger partial charge in [-0.1, -0.05) is 30.3 Å². The molecular formula is C23H20N2O3S. The maximum atomic E-state index is 13.5. The van der Waals surface area contributed by atoms with E-state index in [1.165, 1.54) is 5.56 Å². The molecule has 1 amide bonds. The third-order valence-corrected chi connectivity index (χ3v) is 6.74. The van der Waals surface area contributed by atoms with Crippen molar-refractivity contribution in [2.75, 3.05) is 13.1 Å². The van der Waals surface area contributed by atoms with Crippen LogP contribution in [-0.4, -0.2) is 34.2 Å². The number of carbonyl (C=O) groups excluding carboxylic acids is 2. The maximum Gasteiger partial charge on any atom is 0.258 e. The first-order chi connectivity index (χ1) is 14.1. The van der Waals surface area contributed by atoms with Gasteiger partial charge in [0.2, 0.25) is 0 Å². The first-order valence-corrected chi connectivity index (χ1v) is 10.7. The Morgan fingerprint density at radius 3 is 2.45 bits per heavy atom. The van der Waals surface area contributed by atoms with Crippen molar-refractivity contribution < 1.29 is 9.59 Å². The molecule has 1 fully saturated rings. The van der Waals surface area contributed by atoms with E-state index in [2.05, 4.69) is 6.07 Å². The van der Waals surface area contributed by atoms with Crippen LogP contribution in [0.2, 0.25) is 0 Å². The van der Waals surface area contributed by atoms with E-state index in [-0.39, 0.29) is 17.2 Å². The van der Waals surface area contributed by atoms with Crippen LogP contribution in [0.25, 0.3) is 21.7 Å². The molecule has 1 aromatic carbocycles. The summed E-state index contributed by atoms with van der Waals surface area (Å²) in [5, 5.41) is 2.02. The lowest BCUT2D eigenvalue weighted by atomic mass is 9.97. The molecule has 0 spiro atoms. The monoisotopic (exact) mass is 404 g/mol. The van der Waals surface area contributed by atoms with Gasteiger partial charge < -0.3 is 9.47 Å². The van der Waals surface area contributed by atoms with Crippen LogP contribution in [0.3, 0.4) is 0 Å². The molecule has 146 valence electrons. The van der Waals surface area contributed by atoms with E-state index in [0.29, 0.717) is 43.6 Å². The Bertz CT molecular complexity index is 1170. The average molecular weight is 404 g/mol. The summed E-state index contributed by atoms with van der Waals surface area (Å²) in [6, 6.07) is 13.3. The van der Waals surface area contributed by atoms with Gasteiger partial charge in [-0.3, -0.25) is 14.4 Å². The Morgan fingerprint density at radius 1 is 0.931 bits per heavy atom. The van der Waals surface area contributed by atoms with Crippen molar-refractivity contribution in [2.45, 2.75) is 25.8 Å². The van der Waals surface area contributed by atoms with Crippen LogP contribution in [-0.2, 0) is 17.8 Å². The molecule has 3 aromatic rings. The number of aryl methyl sites for hydroxylation is 1. The van der Waals surface area contributed by atoms with Gasteiger partial charge in [0.1, 0.15) is 5.78 Å². The molecule has 4 heterocycles. The number of rotatable bonds is 2. The first-order valence-electron chi connectivity index (χ1n) is 9.84. The summed E-state index contributed by atoms with van der Waals surface area (Å²) in [5.74, 6) is 0.102. The summed E-state index contributed by atoms with van der Waals surface area (Å²) in [5.41, 5.74) is 3.77. The third kappa shape index (κ3) is 3.04. The summed E-state index contributed by atoms with van der Waals surface area (Å²) >= 11 is 1.57. The lowest BCUT2D eigenvalue weighted by Crippen LogP contribution is -2.40. The van der Waals surface area contributed by atoms with Crippen molar-refractivity contribution in [3.8, 4) is 21.7 Å². The molecule has 6 heteroatoms. The van der Waals surface area contributed by atoms with Crippen LogP contribution < -0.4 is 5.56 Å². The minimum atomic E-state index is -0.0975. The number of hydrogen-bond acceptors (Lipinski definition) is 4. The van der Waals surface area contributed by atoms with Gasteiger partial charge in [0, 0.05) is 38.0 Å². The SMILES string of the molecule is O=C1CCN(C(=O)c2cc(-c3ccccc3)c(=O)n3c2-c2sccc2CC3)CC1. The summed E-state index contributed by atoms with van der Waals surface area (Å²) in [6.45, 7) is 1.44. The summed E-state index contributed by atoms with van der Waals surface area (Å²) < 4.78 is 1.77. The quantitative estimate of drug-likeness (QED) is 0.656. The number of pyridine rings is 1. The van der Waals surface area contributed by atoms with Gasteiger partial charge in [-0.05, 0) is 35.1 Å². The number of hydrogen-bond donors (Lipinski definition) is 0. The van der Waals surface area contributed by atoms with Crippen LogP contribution in [0.1, 0.15) is 28.8 Å². The number of ketones is 1. The highest BCUT2D eigenvalue weighted by molar-refractivity contribution is 7.13. The smallest absolute Gasteiger partial charge is 0.258 e. The lowest BCUT2D eigenvalue weighted by Gasteiger charge is -2.29. The fourth-order valence-corrected chi connectivity index (χ4v) is 5.24. The average Bonchev–Trinajstić information content (AvgIpc) is 3.24. The normalized spacial score (nSPS) is 15.7. The highest BCUT2D eigenvalue weighted by atomic mass is 32.1. The number of Topliss-reactive ketones (excluding diaryl/α,β-unsaturated/α-hetero) is 1. The lowest BCUT2D eigenvalue weighted by molar-refractivity contribution is -0.120. The zero-order valence-electron chi connectivity index (χ0n) is 15.9. The van der Waals surface area contributed by atoms with Crippen LogP contribution in [0.4, 0.5) is 0 Å². The van der Waals surface area contributed by atoms with E-state index < -0.39 is 0 Å². The topological polar surface area (TPSA) is 59.4 Å². The second-order valence-corrected chi connectivity index (χ2v) is 8.42. The maximum absolute atomic E-state index is 13.5. The van der Waals surface area contributed by atoms with Gasteiger partial charge >= 0.3 is 0 Å². The molecule has 1 saturated heterocycles. The van der Waals surface area contributed by atoms with E-state index >= 15 is 0 Å². The van der Waals surface area contributed by atoms with Crippen molar-refractivity contribution in [1.29, 1.82) is 0 Å². The van der Waals surface area contributed by atoms with Gasteiger partial charge in [0.25, 0.3) is 11.5 Å². The molecule has 0 aliphatic carbocycles. The molecule has 0 bridgehead atoms. The Hall–Kier alpha value is -2.99. The predicted molar refractivity (Wildman–Crippen MR) is 113 cm³/mol. The van der Waals surface area contributed by atoms with Crippen LogP contribution >= 0.6 is 11.3 Å². The van der Waals surface area contributed by atoms with Crippen molar-refractivity contribution in [3.05, 3.63) is 69.3 Å². The van der Waals surface area contributed by atoms with Crippen molar-refractivity contribution in [3.63, 3.8) is 0 Å². The molecule has 29 heavy (non-hydrogen) atoms. The molecule has 0 N–H and O–H groups in total. The number of piperidine rings is 1. The standard InChI is InChI=1S/C23H20N2O3S/c26-17-7-10-24(11-8-17)22(27)19-14-18(15-4-2-1-3-5-15)23(28)25-12-6-16-9-13-29-21(16)20(19)25/h1-5,9,13-14H,6-8,10-12H2. The summed E-state index contributed by atoms with van der Waals surface area (Å²) in [7, 11) is 0. The number of likely N-dealkylation sites (tertiary alicyclic amines) is 1. The molecule has 2 aromatic heterocycles. The Balaban J connectivity index is 1.71. The van der Waals surface area contributed by atoms with Gasteiger partial charge in [0.15, 0.2) is 0 Å². The van der Waals surface area contributed by atoms with Crippen LogP contribution in [0.5, 0.6) is 0 Å². The number of fused-ring (bicyclic) bond motifs is 3. The van der Waals surface area contributed by atoms with Crippen LogP contribution in [0, 0.1) is 0 Å². The number of amides is 1. The Morgan fingerprint density at radius 2 is 1.69 bits per heavy atom.